The fourth-order valence-corrected chi connectivity index (χ4v) is 3.75. The van der Waals surface area contributed by atoms with Crippen LogP contribution < -0.4 is 0 Å². The third-order valence-electron chi connectivity index (χ3n) is 4.78. The molecule has 0 aliphatic carbocycles. The Morgan fingerprint density at radius 1 is 1.21 bits per heavy atom. The van der Waals surface area contributed by atoms with E-state index in [2.05, 4.69) is 12.1 Å². The van der Waals surface area contributed by atoms with Gasteiger partial charge in [-0.15, -0.1) is 0 Å². The van der Waals surface area contributed by atoms with Crippen molar-refractivity contribution in [1.29, 1.82) is 0 Å². The lowest BCUT2D eigenvalue weighted by atomic mass is 9.86. The molecule has 2 amide bonds. The summed E-state index contributed by atoms with van der Waals surface area (Å²) in [6.45, 7) is 7.30. The maximum absolute atomic E-state index is 12.5. The van der Waals surface area contributed by atoms with Gasteiger partial charge in [0.2, 0.25) is 5.91 Å². The lowest BCUT2D eigenvalue weighted by Gasteiger charge is -2.47. The van der Waals surface area contributed by atoms with Gasteiger partial charge in [-0.05, 0) is 39.2 Å². The molecule has 5 heteroatoms. The second-order valence-electron chi connectivity index (χ2n) is 7.83. The van der Waals surface area contributed by atoms with E-state index in [1.165, 1.54) is 5.56 Å². The summed E-state index contributed by atoms with van der Waals surface area (Å²) >= 11 is 0. The van der Waals surface area contributed by atoms with Gasteiger partial charge in [0, 0.05) is 26.1 Å². The lowest BCUT2D eigenvalue weighted by Crippen LogP contribution is -2.62. The van der Waals surface area contributed by atoms with Crippen LogP contribution in [0.1, 0.15) is 39.2 Å². The van der Waals surface area contributed by atoms with E-state index in [4.69, 9.17) is 4.74 Å². The first kappa shape index (κ1) is 16.8. The highest BCUT2D eigenvalue weighted by molar-refractivity contribution is 5.80. The van der Waals surface area contributed by atoms with Crippen LogP contribution in [-0.4, -0.2) is 52.6 Å². The van der Waals surface area contributed by atoms with Crippen LogP contribution in [-0.2, 0) is 16.0 Å². The second kappa shape index (κ2) is 6.11. The molecule has 0 bridgehead atoms. The molecule has 2 aliphatic heterocycles. The maximum atomic E-state index is 12.5. The van der Waals surface area contributed by atoms with Gasteiger partial charge in [0.05, 0.1) is 5.54 Å². The van der Waals surface area contributed by atoms with Gasteiger partial charge in [0.1, 0.15) is 5.60 Å². The maximum Gasteiger partial charge on any atom is 0.410 e. The van der Waals surface area contributed by atoms with E-state index in [0.29, 0.717) is 26.1 Å². The number of benzene rings is 1. The van der Waals surface area contributed by atoms with Crippen LogP contribution >= 0.6 is 0 Å². The highest BCUT2D eigenvalue weighted by Crippen LogP contribution is 2.37. The highest BCUT2D eigenvalue weighted by Gasteiger charge is 2.49. The van der Waals surface area contributed by atoms with Gasteiger partial charge in [-0.2, -0.15) is 0 Å². The zero-order valence-corrected chi connectivity index (χ0v) is 14.7. The van der Waals surface area contributed by atoms with Crippen molar-refractivity contribution in [2.24, 2.45) is 0 Å². The molecular weight excluding hydrogens is 304 g/mol. The highest BCUT2D eigenvalue weighted by atomic mass is 16.6. The van der Waals surface area contributed by atoms with E-state index in [9.17, 15) is 9.59 Å². The number of ether oxygens (including phenoxy) is 1. The Morgan fingerprint density at radius 3 is 2.58 bits per heavy atom. The van der Waals surface area contributed by atoms with E-state index in [-0.39, 0.29) is 17.5 Å². The van der Waals surface area contributed by atoms with E-state index in [1.54, 1.807) is 4.90 Å². The number of carbonyl (C=O) groups is 2. The summed E-state index contributed by atoms with van der Waals surface area (Å²) in [5, 5.41) is 0. The Balaban J connectivity index is 1.80. The fraction of sp³-hybridized carbons (Fsp3) is 0.579. The molecule has 0 radical (unpaired) electrons. The predicted molar refractivity (Wildman–Crippen MR) is 91.6 cm³/mol. The zero-order chi connectivity index (χ0) is 17.4. The molecule has 0 spiro atoms. The smallest absolute Gasteiger partial charge is 0.410 e. The van der Waals surface area contributed by atoms with E-state index < -0.39 is 5.60 Å². The molecule has 5 nitrogen and oxygen atoms in total. The van der Waals surface area contributed by atoms with Crippen molar-refractivity contribution in [3.8, 4) is 0 Å². The summed E-state index contributed by atoms with van der Waals surface area (Å²) in [7, 11) is 0. The summed E-state index contributed by atoms with van der Waals surface area (Å²) in [6.07, 6.45) is 1.85. The average Bonchev–Trinajstić information content (AvgIpc) is 2.83. The van der Waals surface area contributed by atoms with Gasteiger partial charge in [-0.25, -0.2) is 4.79 Å². The number of carbonyl (C=O) groups excluding carboxylic acids is 2. The number of fused-ring (bicyclic) bond motifs is 1. The Labute approximate surface area is 143 Å². The molecule has 0 saturated carbocycles. The molecule has 3 rings (SSSR count). The van der Waals surface area contributed by atoms with Crippen molar-refractivity contribution in [3.05, 3.63) is 35.9 Å². The van der Waals surface area contributed by atoms with Crippen molar-refractivity contribution in [1.82, 2.24) is 9.80 Å². The number of piperazine rings is 1. The molecule has 1 unspecified atom stereocenters. The van der Waals surface area contributed by atoms with E-state index in [0.717, 1.165) is 12.8 Å². The van der Waals surface area contributed by atoms with Crippen molar-refractivity contribution in [2.45, 2.75) is 51.2 Å². The average molecular weight is 330 g/mol. The molecule has 2 heterocycles. The summed E-state index contributed by atoms with van der Waals surface area (Å²) in [5.74, 6) is 0.203. The molecule has 0 N–H and O–H groups in total. The third kappa shape index (κ3) is 3.40. The van der Waals surface area contributed by atoms with Gasteiger partial charge in [-0.3, -0.25) is 4.79 Å². The van der Waals surface area contributed by atoms with Crippen LogP contribution in [0.15, 0.2) is 30.3 Å². The lowest BCUT2D eigenvalue weighted by molar-refractivity contribution is -0.134. The van der Waals surface area contributed by atoms with Crippen LogP contribution in [0.25, 0.3) is 0 Å². The number of nitrogens with zero attached hydrogens (tertiary/aromatic N) is 2. The molecule has 2 saturated heterocycles. The Kier molecular flexibility index (Phi) is 4.28. The van der Waals surface area contributed by atoms with Crippen LogP contribution in [0, 0.1) is 0 Å². The van der Waals surface area contributed by atoms with Crippen molar-refractivity contribution >= 4 is 12.0 Å². The molecule has 2 aliphatic rings. The summed E-state index contributed by atoms with van der Waals surface area (Å²) in [6, 6.07) is 10.2. The first-order chi connectivity index (χ1) is 11.3. The van der Waals surface area contributed by atoms with Gasteiger partial charge in [-0.1, -0.05) is 30.3 Å². The topological polar surface area (TPSA) is 49.9 Å². The summed E-state index contributed by atoms with van der Waals surface area (Å²) < 4.78 is 5.53. The number of rotatable bonds is 2. The van der Waals surface area contributed by atoms with Gasteiger partial charge in [0.15, 0.2) is 0 Å². The standard InChI is InChI=1S/C19H26N2O3/c1-18(2,3)24-17(23)20-11-12-21-16(22)9-10-19(21,14-20)13-15-7-5-4-6-8-15/h4-8H,9-14H2,1-3H3. The molecule has 1 aromatic carbocycles. The summed E-state index contributed by atoms with van der Waals surface area (Å²) in [5.41, 5.74) is 0.392. The minimum absolute atomic E-state index is 0.203. The first-order valence-electron chi connectivity index (χ1n) is 8.61. The van der Waals surface area contributed by atoms with E-state index >= 15 is 0 Å². The second-order valence-corrected chi connectivity index (χ2v) is 7.83. The van der Waals surface area contributed by atoms with Gasteiger partial charge >= 0.3 is 6.09 Å². The Morgan fingerprint density at radius 2 is 1.92 bits per heavy atom. The van der Waals surface area contributed by atoms with Crippen LogP contribution in [0.3, 0.4) is 0 Å². The fourth-order valence-electron chi connectivity index (χ4n) is 3.75. The largest absolute Gasteiger partial charge is 0.444 e. The van der Waals surface area contributed by atoms with Crippen LogP contribution in [0.4, 0.5) is 4.79 Å². The molecular formula is C19H26N2O3. The van der Waals surface area contributed by atoms with E-state index in [1.807, 2.05) is 43.9 Å². The quantitative estimate of drug-likeness (QED) is 0.838. The number of hydrogen-bond acceptors (Lipinski definition) is 3. The minimum atomic E-state index is -0.508. The third-order valence-corrected chi connectivity index (χ3v) is 4.78. The Bertz CT molecular complexity index is 623. The van der Waals surface area contributed by atoms with Gasteiger partial charge in [0.25, 0.3) is 0 Å². The molecule has 1 atom stereocenters. The van der Waals surface area contributed by atoms with Crippen molar-refractivity contribution in [3.63, 3.8) is 0 Å². The molecule has 2 fully saturated rings. The molecule has 130 valence electrons. The van der Waals surface area contributed by atoms with Crippen molar-refractivity contribution in [2.75, 3.05) is 19.6 Å². The predicted octanol–water partition coefficient (Wildman–Crippen LogP) is 2.84. The normalized spacial score (nSPS) is 24.0. The number of amides is 2. The molecule has 1 aromatic rings. The van der Waals surface area contributed by atoms with Gasteiger partial charge < -0.3 is 14.5 Å². The Hall–Kier alpha value is -2.04. The van der Waals surface area contributed by atoms with Crippen molar-refractivity contribution < 1.29 is 14.3 Å². The zero-order valence-electron chi connectivity index (χ0n) is 14.7. The van der Waals surface area contributed by atoms with Crippen LogP contribution in [0.2, 0.25) is 0 Å². The first-order valence-corrected chi connectivity index (χ1v) is 8.61. The van der Waals surface area contributed by atoms with Crippen LogP contribution in [0.5, 0.6) is 0 Å². The summed E-state index contributed by atoms with van der Waals surface area (Å²) in [4.78, 5) is 28.5. The minimum Gasteiger partial charge on any atom is -0.444 e. The SMILES string of the molecule is CC(C)(C)OC(=O)N1CCN2C(=O)CCC2(Cc2ccccc2)C1. The molecule has 0 aromatic heterocycles. The monoisotopic (exact) mass is 330 g/mol. The number of hydrogen-bond donors (Lipinski definition) is 0. The molecule has 24 heavy (non-hydrogen) atoms.